The van der Waals surface area contributed by atoms with Crippen LogP contribution >= 0.6 is 11.6 Å². The van der Waals surface area contributed by atoms with E-state index in [1.54, 1.807) is 19.2 Å². The van der Waals surface area contributed by atoms with Crippen molar-refractivity contribution in [3.8, 4) is 0 Å². The van der Waals surface area contributed by atoms with Gasteiger partial charge in [-0.15, -0.1) is 0 Å². The fourth-order valence-electron chi connectivity index (χ4n) is 1.64. The molecule has 0 saturated heterocycles. The first kappa shape index (κ1) is 13.4. The lowest BCUT2D eigenvalue weighted by Crippen LogP contribution is -2.19. The van der Waals surface area contributed by atoms with Crippen LogP contribution in [0.4, 0.5) is 11.4 Å². The van der Waals surface area contributed by atoms with Gasteiger partial charge in [0, 0.05) is 17.6 Å². The van der Waals surface area contributed by atoms with Crippen molar-refractivity contribution in [1.82, 2.24) is 9.78 Å². The van der Waals surface area contributed by atoms with Crippen LogP contribution in [0.5, 0.6) is 0 Å². The zero-order valence-corrected chi connectivity index (χ0v) is 11.5. The van der Waals surface area contributed by atoms with Crippen LogP contribution < -0.4 is 11.1 Å². The summed E-state index contributed by atoms with van der Waals surface area (Å²) >= 11 is 5.88. The molecule has 2 rings (SSSR count). The van der Waals surface area contributed by atoms with Crippen LogP contribution in [0.1, 0.15) is 11.3 Å². The minimum atomic E-state index is -0.178. The number of halogens is 1. The van der Waals surface area contributed by atoms with Crippen molar-refractivity contribution in [3.05, 3.63) is 40.7 Å². The Morgan fingerprint density at radius 1 is 1.47 bits per heavy atom. The van der Waals surface area contributed by atoms with Crippen LogP contribution in [0.25, 0.3) is 0 Å². The Labute approximate surface area is 116 Å². The third-order valence-electron chi connectivity index (χ3n) is 2.76. The lowest BCUT2D eigenvalue weighted by Gasteiger charge is -2.07. The average molecular weight is 279 g/mol. The second kappa shape index (κ2) is 5.32. The van der Waals surface area contributed by atoms with Gasteiger partial charge >= 0.3 is 0 Å². The van der Waals surface area contributed by atoms with Crippen LogP contribution in [0, 0.1) is 13.8 Å². The highest BCUT2D eigenvalue weighted by molar-refractivity contribution is 6.31. The maximum Gasteiger partial charge on any atom is 0.246 e. The molecule has 100 valence electrons. The van der Waals surface area contributed by atoms with Gasteiger partial charge in [-0.1, -0.05) is 17.7 Å². The molecular weight excluding hydrogens is 264 g/mol. The van der Waals surface area contributed by atoms with Gasteiger partial charge in [-0.25, -0.2) is 0 Å². The summed E-state index contributed by atoms with van der Waals surface area (Å²) in [6, 6.07) is 5.40. The fraction of sp³-hybridized carbons (Fsp3) is 0.231. The van der Waals surface area contributed by atoms with E-state index in [0.717, 1.165) is 5.56 Å². The van der Waals surface area contributed by atoms with Gasteiger partial charge in [0.05, 0.1) is 10.7 Å². The van der Waals surface area contributed by atoms with Crippen LogP contribution in [0.3, 0.4) is 0 Å². The van der Waals surface area contributed by atoms with Crippen molar-refractivity contribution in [1.29, 1.82) is 0 Å². The number of aryl methyl sites for hydroxylation is 2. The first-order valence-electron chi connectivity index (χ1n) is 5.81. The van der Waals surface area contributed by atoms with Crippen LogP contribution in [0.15, 0.2) is 24.4 Å². The van der Waals surface area contributed by atoms with Gasteiger partial charge in [0.25, 0.3) is 0 Å². The third kappa shape index (κ3) is 3.26. The predicted molar refractivity (Wildman–Crippen MR) is 76.2 cm³/mol. The van der Waals surface area contributed by atoms with Crippen molar-refractivity contribution in [2.45, 2.75) is 20.4 Å². The number of nitrogens with two attached hydrogens (primary N) is 1. The monoisotopic (exact) mass is 278 g/mol. The van der Waals surface area contributed by atoms with Gasteiger partial charge < -0.3 is 11.1 Å². The van der Waals surface area contributed by atoms with E-state index >= 15 is 0 Å². The van der Waals surface area contributed by atoms with E-state index in [1.807, 2.05) is 19.1 Å². The molecule has 0 aliphatic heterocycles. The molecular formula is C13H15ClN4O. The quantitative estimate of drug-likeness (QED) is 0.847. The number of carbonyl (C=O) groups excluding carboxylic acids is 1. The number of nitrogen functional groups attached to an aromatic ring is 1. The zero-order valence-electron chi connectivity index (χ0n) is 10.8. The van der Waals surface area contributed by atoms with Gasteiger partial charge in [0.2, 0.25) is 5.91 Å². The van der Waals surface area contributed by atoms with E-state index in [2.05, 4.69) is 10.4 Å². The highest BCUT2D eigenvalue weighted by Gasteiger charge is 2.07. The molecule has 6 heteroatoms. The van der Waals surface area contributed by atoms with E-state index < -0.39 is 0 Å². The largest absolute Gasteiger partial charge is 0.398 e. The highest BCUT2D eigenvalue weighted by atomic mass is 35.5. The first-order chi connectivity index (χ1) is 8.95. The minimum absolute atomic E-state index is 0.112. The predicted octanol–water partition coefficient (Wildman–Crippen LogP) is 2.37. The topological polar surface area (TPSA) is 72.9 Å². The normalized spacial score (nSPS) is 10.5. The first-order valence-corrected chi connectivity index (χ1v) is 6.19. The lowest BCUT2D eigenvalue weighted by atomic mass is 10.2. The number of hydrogen-bond donors (Lipinski definition) is 2. The maximum absolute atomic E-state index is 11.8. The number of anilines is 2. The Kier molecular flexibility index (Phi) is 3.76. The summed E-state index contributed by atoms with van der Waals surface area (Å²) in [5.74, 6) is -0.178. The van der Waals surface area contributed by atoms with E-state index in [-0.39, 0.29) is 12.5 Å². The average Bonchev–Trinajstić information content (AvgIpc) is 2.63. The van der Waals surface area contributed by atoms with Crippen LogP contribution in [-0.4, -0.2) is 15.7 Å². The molecule has 3 N–H and O–H groups in total. The molecule has 2 aromatic rings. The van der Waals surface area contributed by atoms with E-state index in [4.69, 9.17) is 17.3 Å². The van der Waals surface area contributed by atoms with E-state index in [9.17, 15) is 4.79 Å². The molecule has 1 aromatic heterocycles. The van der Waals surface area contributed by atoms with E-state index in [0.29, 0.717) is 22.1 Å². The SMILES string of the molecule is Cc1ccc(NC(=O)Cn2cc(Cl)c(C)n2)cc1N. The molecule has 5 nitrogen and oxygen atoms in total. The molecule has 0 radical (unpaired) electrons. The summed E-state index contributed by atoms with van der Waals surface area (Å²) in [6.45, 7) is 3.81. The molecule has 0 spiro atoms. The van der Waals surface area contributed by atoms with Gasteiger partial charge in [0.1, 0.15) is 6.54 Å². The fourth-order valence-corrected chi connectivity index (χ4v) is 1.79. The van der Waals surface area contributed by atoms with Gasteiger partial charge in [-0.05, 0) is 31.5 Å². The highest BCUT2D eigenvalue weighted by Crippen LogP contribution is 2.17. The smallest absolute Gasteiger partial charge is 0.246 e. The van der Waals surface area contributed by atoms with Crippen LogP contribution in [0.2, 0.25) is 5.02 Å². The molecule has 1 aromatic carbocycles. The molecule has 19 heavy (non-hydrogen) atoms. The molecule has 0 saturated carbocycles. The van der Waals surface area contributed by atoms with Gasteiger partial charge in [0.15, 0.2) is 0 Å². The summed E-state index contributed by atoms with van der Waals surface area (Å²) < 4.78 is 1.50. The van der Waals surface area contributed by atoms with E-state index in [1.165, 1.54) is 4.68 Å². The Bertz CT molecular complexity index is 602. The Hall–Kier alpha value is -2.01. The van der Waals surface area contributed by atoms with Gasteiger partial charge in [-0.2, -0.15) is 5.10 Å². The van der Waals surface area contributed by atoms with Crippen LogP contribution in [-0.2, 0) is 11.3 Å². The summed E-state index contributed by atoms with van der Waals surface area (Å²) in [5.41, 5.74) is 8.79. The van der Waals surface area contributed by atoms with Gasteiger partial charge in [-0.3, -0.25) is 9.48 Å². The second-order valence-electron chi connectivity index (χ2n) is 4.38. The number of amides is 1. The van der Waals surface area contributed by atoms with Crippen molar-refractivity contribution < 1.29 is 4.79 Å². The number of rotatable bonds is 3. The Balaban J connectivity index is 2.03. The van der Waals surface area contributed by atoms with Crippen molar-refractivity contribution in [2.24, 2.45) is 0 Å². The zero-order chi connectivity index (χ0) is 14.0. The number of nitrogens with zero attached hydrogens (tertiary/aromatic N) is 2. The third-order valence-corrected chi connectivity index (χ3v) is 3.13. The number of carbonyl (C=O) groups is 1. The summed E-state index contributed by atoms with van der Waals surface area (Å²) in [5, 5.41) is 7.44. The summed E-state index contributed by atoms with van der Waals surface area (Å²) in [7, 11) is 0. The number of nitrogens with one attached hydrogen (secondary N) is 1. The molecule has 0 aliphatic carbocycles. The van der Waals surface area contributed by atoms with Crippen molar-refractivity contribution >= 4 is 28.9 Å². The summed E-state index contributed by atoms with van der Waals surface area (Å²) in [6.07, 6.45) is 1.62. The molecule has 0 unspecified atom stereocenters. The molecule has 1 amide bonds. The van der Waals surface area contributed by atoms with Crippen molar-refractivity contribution in [3.63, 3.8) is 0 Å². The molecule has 0 bridgehead atoms. The second-order valence-corrected chi connectivity index (χ2v) is 4.79. The number of benzene rings is 1. The lowest BCUT2D eigenvalue weighted by molar-refractivity contribution is -0.116. The Morgan fingerprint density at radius 2 is 2.21 bits per heavy atom. The molecule has 0 fully saturated rings. The van der Waals surface area contributed by atoms with Crippen molar-refractivity contribution in [2.75, 3.05) is 11.1 Å². The summed E-state index contributed by atoms with van der Waals surface area (Å²) in [4.78, 5) is 11.8. The number of hydrogen-bond acceptors (Lipinski definition) is 3. The standard InChI is InChI=1S/C13H15ClN4O/c1-8-3-4-10(5-12(8)15)16-13(19)7-18-6-11(14)9(2)17-18/h3-6H,7,15H2,1-2H3,(H,16,19). The maximum atomic E-state index is 11.8. The molecule has 1 heterocycles. The molecule has 0 aliphatic rings. The number of aromatic nitrogens is 2. The minimum Gasteiger partial charge on any atom is -0.398 e. The Morgan fingerprint density at radius 3 is 2.79 bits per heavy atom. The molecule has 0 atom stereocenters.